The number of benzene rings is 2. The molecule has 4 rings (SSSR count). The maximum absolute atomic E-state index is 12.7. The molecule has 0 bridgehead atoms. The number of fused-ring (bicyclic) bond motifs is 1. The van der Waals surface area contributed by atoms with Crippen LogP contribution >= 0.6 is 0 Å². The average Bonchev–Trinajstić information content (AvgIpc) is 3.11. The summed E-state index contributed by atoms with van der Waals surface area (Å²) >= 11 is 0. The topological polar surface area (TPSA) is 81.5 Å². The van der Waals surface area contributed by atoms with Gasteiger partial charge in [0.05, 0.1) is 12.2 Å². The van der Waals surface area contributed by atoms with E-state index < -0.39 is 6.36 Å². The summed E-state index contributed by atoms with van der Waals surface area (Å²) in [5.41, 5.74) is 1.79. The number of alkyl halides is 3. The number of aryl methyl sites for hydroxylation is 1. The fourth-order valence-electron chi connectivity index (χ4n) is 3.27. The molecule has 0 spiro atoms. The Morgan fingerprint density at radius 1 is 1.00 bits per heavy atom. The summed E-state index contributed by atoms with van der Waals surface area (Å²) < 4.78 is 49.2. The molecule has 10 heteroatoms. The number of halogens is 3. The minimum Gasteiger partial charge on any atom is -0.492 e. The maximum atomic E-state index is 12.7. The largest absolute Gasteiger partial charge is 0.573 e. The van der Waals surface area contributed by atoms with Gasteiger partial charge in [-0.25, -0.2) is 13.9 Å². The van der Waals surface area contributed by atoms with Crippen LogP contribution in [0.1, 0.15) is 12.0 Å². The van der Waals surface area contributed by atoms with E-state index in [4.69, 9.17) is 10.00 Å². The number of nitrogens with zero attached hydrogens (tertiary/aromatic N) is 4. The molecule has 33 heavy (non-hydrogen) atoms. The first-order valence-electron chi connectivity index (χ1n) is 9.91. The van der Waals surface area contributed by atoms with Gasteiger partial charge in [0.15, 0.2) is 5.65 Å². The standard InChI is InChI=1S/C23H17F3N4O3/c24-23(25,26)33-19-9-6-16(7-10-19)18-8-11-21-28-30(22(31)29(21)15-18)12-3-13-32-20-5-2-1-4-17(20)14-27/h1-2,4-11,15H,3,12-13H2. The Bertz CT molecular complexity index is 1370. The maximum Gasteiger partial charge on any atom is 0.573 e. The molecule has 2 aromatic heterocycles. The smallest absolute Gasteiger partial charge is 0.492 e. The number of hydrogen-bond acceptors (Lipinski definition) is 5. The van der Waals surface area contributed by atoms with Gasteiger partial charge >= 0.3 is 12.1 Å². The third-order valence-electron chi connectivity index (χ3n) is 4.78. The van der Waals surface area contributed by atoms with Crippen molar-refractivity contribution in [3.8, 4) is 28.7 Å². The zero-order valence-electron chi connectivity index (χ0n) is 17.1. The zero-order valence-corrected chi connectivity index (χ0v) is 17.1. The number of pyridine rings is 1. The first-order chi connectivity index (χ1) is 15.8. The van der Waals surface area contributed by atoms with E-state index in [0.717, 1.165) is 0 Å². The molecule has 2 heterocycles. The van der Waals surface area contributed by atoms with Crippen LogP contribution in [0.4, 0.5) is 13.2 Å². The van der Waals surface area contributed by atoms with Crippen LogP contribution in [0.2, 0.25) is 0 Å². The first-order valence-corrected chi connectivity index (χ1v) is 9.91. The fourth-order valence-corrected chi connectivity index (χ4v) is 3.27. The second-order valence-electron chi connectivity index (χ2n) is 7.03. The summed E-state index contributed by atoms with van der Waals surface area (Å²) in [6.45, 7) is 0.616. The summed E-state index contributed by atoms with van der Waals surface area (Å²) in [6.07, 6.45) is -2.68. The lowest BCUT2D eigenvalue weighted by Gasteiger charge is -2.09. The summed E-state index contributed by atoms with van der Waals surface area (Å²) in [6, 6.07) is 17.7. The van der Waals surface area contributed by atoms with Gasteiger partial charge in [-0.1, -0.05) is 24.3 Å². The molecular formula is C23H17F3N4O3. The van der Waals surface area contributed by atoms with E-state index in [-0.39, 0.29) is 11.4 Å². The van der Waals surface area contributed by atoms with Crippen molar-refractivity contribution in [1.29, 1.82) is 5.26 Å². The van der Waals surface area contributed by atoms with E-state index in [0.29, 0.717) is 47.7 Å². The molecule has 7 nitrogen and oxygen atoms in total. The summed E-state index contributed by atoms with van der Waals surface area (Å²) in [5, 5.41) is 13.4. The Morgan fingerprint density at radius 2 is 1.73 bits per heavy atom. The number of rotatable bonds is 7. The van der Waals surface area contributed by atoms with Gasteiger partial charge in [-0.15, -0.1) is 18.3 Å². The Kier molecular flexibility index (Phi) is 6.04. The summed E-state index contributed by atoms with van der Waals surface area (Å²) in [4.78, 5) is 12.7. The molecule has 0 aliphatic rings. The highest BCUT2D eigenvalue weighted by molar-refractivity contribution is 5.65. The van der Waals surface area contributed by atoms with Gasteiger partial charge in [0.25, 0.3) is 0 Å². The van der Waals surface area contributed by atoms with Gasteiger partial charge in [0.1, 0.15) is 17.6 Å². The molecule has 4 aromatic rings. The van der Waals surface area contributed by atoms with Crippen molar-refractivity contribution in [2.45, 2.75) is 19.3 Å². The molecule has 0 unspecified atom stereocenters. The van der Waals surface area contributed by atoms with Crippen LogP contribution in [0.15, 0.2) is 71.7 Å². The van der Waals surface area contributed by atoms with Crippen LogP contribution in [-0.4, -0.2) is 27.2 Å². The number of aromatic nitrogens is 3. The molecule has 0 N–H and O–H groups in total. The molecule has 0 amide bonds. The fraction of sp³-hybridized carbons (Fsp3) is 0.174. The Labute approximate surface area is 185 Å². The van der Waals surface area contributed by atoms with Crippen molar-refractivity contribution < 1.29 is 22.6 Å². The molecule has 0 aliphatic heterocycles. The monoisotopic (exact) mass is 454 g/mol. The van der Waals surface area contributed by atoms with Gasteiger partial charge in [-0.2, -0.15) is 5.26 Å². The normalized spacial score (nSPS) is 11.3. The third-order valence-corrected chi connectivity index (χ3v) is 4.78. The van der Waals surface area contributed by atoms with Crippen LogP contribution in [0.3, 0.4) is 0 Å². The quantitative estimate of drug-likeness (QED) is 0.387. The zero-order chi connectivity index (χ0) is 23.4. The van der Waals surface area contributed by atoms with Gasteiger partial charge in [0.2, 0.25) is 0 Å². The SMILES string of the molecule is N#Cc1ccccc1OCCCn1nc2ccc(-c3ccc(OC(F)(F)F)cc3)cn2c1=O. The number of ether oxygens (including phenoxy) is 2. The molecule has 0 fully saturated rings. The van der Waals surface area contributed by atoms with Crippen molar-refractivity contribution >= 4 is 5.65 Å². The van der Waals surface area contributed by atoms with Crippen molar-refractivity contribution in [2.24, 2.45) is 0 Å². The number of para-hydroxylation sites is 1. The number of hydrogen-bond donors (Lipinski definition) is 0. The van der Waals surface area contributed by atoms with Crippen molar-refractivity contribution in [3.05, 3.63) is 82.9 Å². The average molecular weight is 454 g/mol. The second-order valence-corrected chi connectivity index (χ2v) is 7.03. The first kappa shape index (κ1) is 22.0. The molecular weight excluding hydrogens is 437 g/mol. The van der Waals surface area contributed by atoms with Crippen molar-refractivity contribution in [1.82, 2.24) is 14.2 Å². The molecule has 0 saturated heterocycles. The minimum atomic E-state index is -4.76. The van der Waals surface area contributed by atoms with Gasteiger partial charge in [-0.3, -0.25) is 0 Å². The van der Waals surface area contributed by atoms with Gasteiger partial charge < -0.3 is 9.47 Å². The number of nitriles is 1. The summed E-state index contributed by atoms with van der Waals surface area (Å²) in [5.74, 6) is 0.163. The highest BCUT2D eigenvalue weighted by atomic mass is 19.4. The lowest BCUT2D eigenvalue weighted by Crippen LogP contribution is -2.22. The molecule has 0 saturated carbocycles. The van der Waals surface area contributed by atoms with Crippen molar-refractivity contribution in [3.63, 3.8) is 0 Å². The molecule has 0 radical (unpaired) electrons. The van der Waals surface area contributed by atoms with E-state index in [1.165, 1.54) is 33.3 Å². The van der Waals surface area contributed by atoms with Crippen LogP contribution in [-0.2, 0) is 6.54 Å². The van der Waals surface area contributed by atoms with E-state index in [9.17, 15) is 18.0 Å². The second kappa shape index (κ2) is 9.08. The van der Waals surface area contributed by atoms with Gasteiger partial charge in [0, 0.05) is 19.2 Å². The highest BCUT2D eigenvalue weighted by Crippen LogP contribution is 2.26. The van der Waals surface area contributed by atoms with E-state index in [1.807, 2.05) is 0 Å². The molecule has 168 valence electrons. The van der Waals surface area contributed by atoms with Crippen LogP contribution < -0.4 is 15.2 Å². The van der Waals surface area contributed by atoms with Gasteiger partial charge in [-0.05, 0) is 47.5 Å². The Morgan fingerprint density at radius 3 is 2.45 bits per heavy atom. The van der Waals surface area contributed by atoms with E-state index in [1.54, 1.807) is 42.6 Å². The third kappa shape index (κ3) is 5.15. The lowest BCUT2D eigenvalue weighted by atomic mass is 10.1. The van der Waals surface area contributed by atoms with Crippen LogP contribution in [0.25, 0.3) is 16.8 Å². The molecule has 2 aromatic carbocycles. The van der Waals surface area contributed by atoms with Crippen LogP contribution in [0, 0.1) is 11.3 Å². The Hall–Kier alpha value is -4.26. The lowest BCUT2D eigenvalue weighted by molar-refractivity contribution is -0.274. The van der Waals surface area contributed by atoms with E-state index in [2.05, 4.69) is 15.9 Å². The Balaban J connectivity index is 1.45. The highest BCUT2D eigenvalue weighted by Gasteiger charge is 2.30. The minimum absolute atomic E-state index is 0.302. The van der Waals surface area contributed by atoms with E-state index >= 15 is 0 Å². The predicted octanol–water partition coefficient (Wildman–Crippen LogP) is 4.40. The predicted molar refractivity (Wildman–Crippen MR) is 113 cm³/mol. The molecule has 0 atom stereocenters. The van der Waals surface area contributed by atoms with Crippen molar-refractivity contribution in [2.75, 3.05) is 6.61 Å². The van der Waals surface area contributed by atoms with Crippen LogP contribution in [0.5, 0.6) is 11.5 Å². The molecule has 0 aliphatic carbocycles. The summed E-state index contributed by atoms with van der Waals surface area (Å²) in [7, 11) is 0.